The van der Waals surface area contributed by atoms with Crippen molar-refractivity contribution in [2.24, 2.45) is 5.92 Å². The molecular formula is C13H21N3O3. The van der Waals surface area contributed by atoms with Gasteiger partial charge in [-0.25, -0.2) is 4.79 Å². The molecule has 19 heavy (non-hydrogen) atoms. The Labute approximate surface area is 113 Å². The van der Waals surface area contributed by atoms with E-state index >= 15 is 0 Å². The maximum atomic E-state index is 12.1. The van der Waals surface area contributed by atoms with E-state index in [-0.39, 0.29) is 24.3 Å². The van der Waals surface area contributed by atoms with Crippen LogP contribution in [-0.2, 0) is 9.59 Å². The van der Waals surface area contributed by atoms with E-state index in [9.17, 15) is 14.4 Å². The monoisotopic (exact) mass is 267 g/mol. The zero-order valence-corrected chi connectivity index (χ0v) is 11.5. The Morgan fingerprint density at radius 1 is 1.26 bits per heavy atom. The predicted molar refractivity (Wildman–Crippen MR) is 69.3 cm³/mol. The number of likely N-dealkylation sites (tertiary alicyclic amines) is 1. The molecule has 0 spiro atoms. The van der Waals surface area contributed by atoms with Crippen LogP contribution < -0.4 is 5.32 Å². The molecule has 1 N–H and O–H groups in total. The number of piperidine rings is 1. The molecule has 0 aromatic rings. The van der Waals surface area contributed by atoms with E-state index in [4.69, 9.17) is 0 Å². The topological polar surface area (TPSA) is 69.7 Å². The van der Waals surface area contributed by atoms with Gasteiger partial charge in [0.1, 0.15) is 12.6 Å². The Hall–Kier alpha value is -1.59. The van der Waals surface area contributed by atoms with Crippen LogP contribution >= 0.6 is 0 Å². The Balaban J connectivity index is 1.96. The minimum atomic E-state index is -0.498. The van der Waals surface area contributed by atoms with Gasteiger partial charge in [-0.05, 0) is 25.2 Å². The van der Waals surface area contributed by atoms with Gasteiger partial charge in [0.2, 0.25) is 5.91 Å². The highest BCUT2D eigenvalue weighted by Crippen LogP contribution is 2.15. The van der Waals surface area contributed by atoms with Crippen LogP contribution in [-0.4, -0.2) is 53.3 Å². The first-order chi connectivity index (χ1) is 9.00. The molecule has 2 aliphatic heterocycles. The molecule has 6 heteroatoms. The molecular weight excluding hydrogens is 246 g/mol. The molecule has 0 saturated carbocycles. The molecule has 106 valence electrons. The summed E-state index contributed by atoms with van der Waals surface area (Å²) in [6, 6.07) is -0.948. The third kappa shape index (κ3) is 2.88. The number of amides is 4. The van der Waals surface area contributed by atoms with E-state index in [1.165, 1.54) is 0 Å². The summed E-state index contributed by atoms with van der Waals surface area (Å²) in [5.74, 6) is -0.385. The SMILES string of the molecule is CC(C)C1NC(=O)N(CC(=O)N2CCCCC2)C1=O. The van der Waals surface area contributed by atoms with Crippen LogP contribution in [0.1, 0.15) is 33.1 Å². The van der Waals surface area contributed by atoms with Crippen LogP contribution in [0.4, 0.5) is 4.79 Å². The number of carbonyl (C=O) groups is 3. The number of carbonyl (C=O) groups excluding carboxylic acids is 3. The quantitative estimate of drug-likeness (QED) is 0.760. The average Bonchev–Trinajstić information content (AvgIpc) is 2.68. The van der Waals surface area contributed by atoms with Crippen molar-refractivity contribution in [1.82, 2.24) is 15.1 Å². The fraction of sp³-hybridized carbons (Fsp3) is 0.769. The molecule has 2 rings (SSSR count). The van der Waals surface area contributed by atoms with Gasteiger partial charge in [-0.2, -0.15) is 0 Å². The second kappa shape index (κ2) is 5.59. The van der Waals surface area contributed by atoms with Crippen molar-refractivity contribution in [3.05, 3.63) is 0 Å². The lowest BCUT2D eigenvalue weighted by Crippen LogP contribution is -2.45. The average molecular weight is 267 g/mol. The van der Waals surface area contributed by atoms with Gasteiger partial charge in [-0.15, -0.1) is 0 Å². The minimum absolute atomic E-state index is 0.0338. The van der Waals surface area contributed by atoms with Crippen molar-refractivity contribution < 1.29 is 14.4 Å². The second-order valence-electron chi connectivity index (χ2n) is 5.54. The summed E-state index contributed by atoms with van der Waals surface area (Å²) >= 11 is 0. The number of imide groups is 1. The van der Waals surface area contributed by atoms with E-state index in [0.717, 1.165) is 37.3 Å². The lowest BCUT2D eigenvalue weighted by molar-refractivity contribution is -0.138. The molecule has 0 radical (unpaired) electrons. The third-order valence-electron chi connectivity index (χ3n) is 3.73. The number of hydrogen-bond donors (Lipinski definition) is 1. The van der Waals surface area contributed by atoms with Crippen molar-refractivity contribution in [3.8, 4) is 0 Å². The van der Waals surface area contributed by atoms with E-state index in [0.29, 0.717) is 0 Å². The molecule has 2 fully saturated rings. The molecule has 0 aliphatic carbocycles. The molecule has 1 unspecified atom stereocenters. The number of hydrogen-bond acceptors (Lipinski definition) is 3. The first-order valence-electron chi connectivity index (χ1n) is 6.90. The molecule has 0 aromatic heterocycles. The molecule has 1 atom stereocenters. The molecule has 2 aliphatic rings. The van der Waals surface area contributed by atoms with Gasteiger partial charge in [0.15, 0.2) is 0 Å². The zero-order valence-electron chi connectivity index (χ0n) is 11.5. The van der Waals surface area contributed by atoms with E-state index in [1.807, 2.05) is 13.8 Å². The summed E-state index contributed by atoms with van der Waals surface area (Å²) in [5.41, 5.74) is 0. The summed E-state index contributed by atoms with van der Waals surface area (Å²) in [4.78, 5) is 38.6. The van der Waals surface area contributed by atoms with Crippen molar-refractivity contribution in [2.75, 3.05) is 19.6 Å². The summed E-state index contributed by atoms with van der Waals surface area (Å²) in [6.07, 6.45) is 3.14. The normalized spacial score (nSPS) is 24.1. The van der Waals surface area contributed by atoms with Gasteiger partial charge < -0.3 is 10.2 Å². The number of nitrogens with zero attached hydrogens (tertiary/aromatic N) is 2. The van der Waals surface area contributed by atoms with E-state index in [1.54, 1.807) is 4.90 Å². The Morgan fingerprint density at radius 2 is 1.89 bits per heavy atom. The van der Waals surface area contributed by atoms with Gasteiger partial charge in [0, 0.05) is 13.1 Å². The lowest BCUT2D eigenvalue weighted by atomic mass is 10.1. The Kier molecular flexibility index (Phi) is 4.07. The van der Waals surface area contributed by atoms with Crippen LogP contribution in [0, 0.1) is 5.92 Å². The minimum Gasteiger partial charge on any atom is -0.341 e. The number of nitrogens with one attached hydrogen (secondary N) is 1. The van der Waals surface area contributed by atoms with Crippen molar-refractivity contribution >= 4 is 17.8 Å². The highest BCUT2D eigenvalue weighted by atomic mass is 16.2. The fourth-order valence-corrected chi connectivity index (χ4v) is 2.52. The summed E-state index contributed by atoms with van der Waals surface area (Å²) in [5, 5.41) is 2.63. The first kappa shape index (κ1) is 13.8. The van der Waals surface area contributed by atoms with E-state index < -0.39 is 12.1 Å². The molecule has 6 nitrogen and oxygen atoms in total. The molecule has 0 aromatic carbocycles. The molecule has 2 heterocycles. The van der Waals surface area contributed by atoms with Crippen LogP contribution in [0.5, 0.6) is 0 Å². The van der Waals surface area contributed by atoms with Crippen LogP contribution in [0.3, 0.4) is 0 Å². The van der Waals surface area contributed by atoms with Gasteiger partial charge in [0.25, 0.3) is 5.91 Å². The smallest absolute Gasteiger partial charge is 0.325 e. The summed E-state index contributed by atoms with van der Waals surface area (Å²) in [6.45, 7) is 5.08. The third-order valence-corrected chi connectivity index (χ3v) is 3.73. The van der Waals surface area contributed by atoms with Crippen molar-refractivity contribution in [2.45, 2.75) is 39.2 Å². The first-order valence-corrected chi connectivity index (χ1v) is 6.90. The predicted octanol–water partition coefficient (Wildman–Crippen LogP) is 0.575. The van der Waals surface area contributed by atoms with Crippen LogP contribution in [0.2, 0.25) is 0 Å². The summed E-state index contributed by atoms with van der Waals surface area (Å²) < 4.78 is 0. The number of urea groups is 1. The van der Waals surface area contributed by atoms with Crippen molar-refractivity contribution in [3.63, 3.8) is 0 Å². The van der Waals surface area contributed by atoms with Gasteiger partial charge in [0.05, 0.1) is 0 Å². The Bertz CT molecular complexity index is 389. The van der Waals surface area contributed by atoms with Gasteiger partial charge in [-0.1, -0.05) is 13.8 Å². The largest absolute Gasteiger partial charge is 0.341 e. The molecule has 0 bridgehead atoms. The van der Waals surface area contributed by atoms with Crippen LogP contribution in [0.15, 0.2) is 0 Å². The van der Waals surface area contributed by atoms with Gasteiger partial charge >= 0.3 is 6.03 Å². The van der Waals surface area contributed by atoms with Gasteiger partial charge in [-0.3, -0.25) is 14.5 Å². The highest BCUT2D eigenvalue weighted by Gasteiger charge is 2.40. The number of rotatable bonds is 3. The standard InChI is InChI=1S/C13H21N3O3/c1-9(2)11-12(18)16(13(19)14-11)8-10(17)15-6-4-3-5-7-15/h9,11H,3-8H2,1-2H3,(H,14,19). The zero-order chi connectivity index (χ0) is 14.0. The highest BCUT2D eigenvalue weighted by molar-refractivity contribution is 6.06. The van der Waals surface area contributed by atoms with Crippen molar-refractivity contribution in [1.29, 1.82) is 0 Å². The molecule has 4 amide bonds. The van der Waals surface area contributed by atoms with Crippen LogP contribution in [0.25, 0.3) is 0 Å². The maximum Gasteiger partial charge on any atom is 0.325 e. The van der Waals surface area contributed by atoms with E-state index in [2.05, 4.69) is 5.32 Å². The fourth-order valence-electron chi connectivity index (χ4n) is 2.52. The Morgan fingerprint density at radius 3 is 2.42 bits per heavy atom. The second-order valence-corrected chi connectivity index (χ2v) is 5.54. The molecule has 2 saturated heterocycles. The maximum absolute atomic E-state index is 12.1. The lowest BCUT2D eigenvalue weighted by Gasteiger charge is -2.28. The summed E-state index contributed by atoms with van der Waals surface area (Å²) in [7, 11) is 0.